The minimum atomic E-state index is 0.176. The minimum Gasteiger partial charge on any atom is -0.311 e. The summed E-state index contributed by atoms with van der Waals surface area (Å²) < 4.78 is 0. The van der Waals surface area contributed by atoms with Crippen LogP contribution in [0.3, 0.4) is 0 Å². The zero-order valence-electron chi connectivity index (χ0n) is 11.2. The molecule has 1 aromatic carbocycles. The molecule has 1 atom stereocenters. The summed E-state index contributed by atoms with van der Waals surface area (Å²) in [5.41, 5.74) is 1.33. The number of hydrogen-bond acceptors (Lipinski definition) is 2. The van der Waals surface area contributed by atoms with Gasteiger partial charge in [0.2, 0.25) is 0 Å². The fourth-order valence-corrected chi connectivity index (χ4v) is 1.96. The second kappa shape index (κ2) is 6.39. The molecule has 0 spiro atoms. The van der Waals surface area contributed by atoms with Gasteiger partial charge in [0.25, 0.3) is 0 Å². The van der Waals surface area contributed by atoms with Crippen LogP contribution in [0.25, 0.3) is 0 Å². The maximum absolute atomic E-state index is 6.15. The van der Waals surface area contributed by atoms with E-state index < -0.39 is 0 Å². The van der Waals surface area contributed by atoms with Crippen molar-refractivity contribution >= 4 is 11.6 Å². The summed E-state index contributed by atoms with van der Waals surface area (Å²) in [7, 11) is 0. The van der Waals surface area contributed by atoms with Crippen molar-refractivity contribution in [2.45, 2.75) is 39.3 Å². The van der Waals surface area contributed by atoms with Crippen molar-refractivity contribution in [3.63, 3.8) is 0 Å². The Bertz CT molecular complexity index is 344. The maximum atomic E-state index is 6.15. The maximum Gasteiger partial charge on any atom is 0.0453 e. The molecule has 0 aliphatic heterocycles. The lowest BCUT2D eigenvalue weighted by Crippen LogP contribution is -2.40. The molecule has 0 saturated heterocycles. The average Bonchev–Trinajstić information content (AvgIpc) is 2.23. The lowest BCUT2D eigenvalue weighted by Gasteiger charge is -2.22. The van der Waals surface area contributed by atoms with Gasteiger partial charge in [-0.3, -0.25) is 0 Å². The van der Waals surface area contributed by atoms with Crippen molar-refractivity contribution in [1.82, 2.24) is 10.6 Å². The molecule has 0 heterocycles. The van der Waals surface area contributed by atoms with Gasteiger partial charge in [0.05, 0.1) is 0 Å². The highest BCUT2D eigenvalue weighted by Crippen LogP contribution is 2.21. The summed E-state index contributed by atoms with van der Waals surface area (Å²) in [6.07, 6.45) is 0. The first-order chi connectivity index (χ1) is 7.90. The van der Waals surface area contributed by atoms with Gasteiger partial charge in [-0.2, -0.15) is 0 Å². The second-order valence-electron chi connectivity index (χ2n) is 5.37. The van der Waals surface area contributed by atoms with E-state index in [9.17, 15) is 0 Å². The lowest BCUT2D eigenvalue weighted by atomic mass is 10.1. The molecule has 1 aromatic rings. The molecular weight excluding hydrogens is 232 g/mol. The van der Waals surface area contributed by atoms with Gasteiger partial charge >= 0.3 is 0 Å². The molecule has 17 heavy (non-hydrogen) atoms. The monoisotopic (exact) mass is 254 g/mol. The van der Waals surface area contributed by atoms with Crippen LogP contribution in [0.2, 0.25) is 5.02 Å². The molecule has 0 bridgehead atoms. The van der Waals surface area contributed by atoms with Crippen molar-refractivity contribution in [3.05, 3.63) is 34.9 Å². The van der Waals surface area contributed by atoms with E-state index in [0.29, 0.717) is 0 Å². The normalized spacial score (nSPS) is 13.7. The Balaban J connectivity index is 2.36. The molecule has 0 fully saturated rings. The van der Waals surface area contributed by atoms with Crippen molar-refractivity contribution in [2.24, 2.45) is 0 Å². The first kappa shape index (κ1) is 14.5. The quantitative estimate of drug-likeness (QED) is 0.788. The Morgan fingerprint density at radius 2 is 1.82 bits per heavy atom. The first-order valence-corrected chi connectivity index (χ1v) is 6.51. The third-order valence-corrected chi connectivity index (χ3v) is 2.95. The highest BCUT2D eigenvalue weighted by Gasteiger charge is 2.10. The molecule has 96 valence electrons. The highest BCUT2D eigenvalue weighted by molar-refractivity contribution is 6.31. The van der Waals surface area contributed by atoms with Crippen LogP contribution < -0.4 is 10.6 Å². The molecule has 2 N–H and O–H groups in total. The second-order valence-corrected chi connectivity index (χ2v) is 5.78. The number of rotatable bonds is 5. The third kappa shape index (κ3) is 5.53. The third-order valence-electron chi connectivity index (χ3n) is 2.60. The number of benzene rings is 1. The van der Waals surface area contributed by atoms with Crippen molar-refractivity contribution in [2.75, 3.05) is 13.1 Å². The fraction of sp³-hybridized carbons (Fsp3) is 0.571. The van der Waals surface area contributed by atoms with Crippen molar-refractivity contribution < 1.29 is 0 Å². The standard InChI is InChI=1S/C14H23ClN2/c1-11(12-7-5-6-8-13(12)15)16-9-10-17-14(2,3)4/h5-8,11,16-17H,9-10H2,1-4H3. The van der Waals surface area contributed by atoms with Crippen LogP contribution in [-0.2, 0) is 0 Å². The first-order valence-electron chi connectivity index (χ1n) is 6.13. The molecule has 0 aliphatic rings. The van der Waals surface area contributed by atoms with Crippen LogP contribution in [0.15, 0.2) is 24.3 Å². The predicted molar refractivity (Wildman–Crippen MR) is 75.6 cm³/mol. The van der Waals surface area contributed by atoms with Gasteiger partial charge in [-0.05, 0) is 39.3 Å². The number of nitrogens with one attached hydrogen (secondary N) is 2. The van der Waals surface area contributed by atoms with Gasteiger partial charge in [0.15, 0.2) is 0 Å². The topological polar surface area (TPSA) is 24.1 Å². The van der Waals surface area contributed by atoms with E-state index in [4.69, 9.17) is 11.6 Å². The van der Waals surface area contributed by atoms with E-state index in [2.05, 4.69) is 44.4 Å². The van der Waals surface area contributed by atoms with Crippen molar-refractivity contribution in [1.29, 1.82) is 0 Å². The molecule has 0 saturated carbocycles. The SMILES string of the molecule is CC(NCCNC(C)(C)C)c1ccccc1Cl. The number of halogens is 1. The van der Waals surface area contributed by atoms with Crippen LogP contribution in [0.4, 0.5) is 0 Å². The van der Waals surface area contributed by atoms with E-state index in [-0.39, 0.29) is 11.6 Å². The van der Waals surface area contributed by atoms with Gasteiger partial charge in [-0.25, -0.2) is 0 Å². The fourth-order valence-electron chi connectivity index (χ4n) is 1.66. The largest absolute Gasteiger partial charge is 0.311 e. The van der Waals surface area contributed by atoms with E-state index in [1.165, 1.54) is 0 Å². The molecule has 1 unspecified atom stereocenters. The van der Waals surface area contributed by atoms with Gasteiger partial charge in [0, 0.05) is 29.7 Å². The number of hydrogen-bond donors (Lipinski definition) is 2. The van der Waals surface area contributed by atoms with Crippen LogP contribution >= 0.6 is 11.6 Å². The van der Waals surface area contributed by atoms with Gasteiger partial charge in [0.1, 0.15) is 0 Å². The lowest BCUT2D eigenvalue weighted by molar-refractivity contribution is 0.414. The molecule has 2 nitrogen and oxygen atoms in total. The molecule has 0 aliphatic carbocycles. The Morgan fingerprint density at radius 3 is 2.41 bits per heavy atom. The molecular formula is C14H23ClN2. The molecule has 0 amide bonds. The minimum absolute atomic E-state index is 0.176. The summed E-state index contributed by atoms with van der Waals surface area (Å²) >= 11 is 6.15. The Morgan fingerprint density at radius 1 is 1.18 bits per heavy atom. The summed E-state index contributed by atoms with van der Waals surface area (Å²) in [6.45, 7) is 10.5. The summed E-state index contributed by atoms with van der Waals surface area (Å²) in [5.74, 6) is 0. The van der Waals surface area contributed by atoms with E-state index >= 15 is 0 Å². The van der Waals surface area contributed by atoms with Crippen LogP contribution in [-0.4, -0.2) is 18.6 Å². The van der Waals surface area contributed by atoms with Gasteiger partial charge in [-0.15, -0.1) is 0 Å². The van der Waals surface area contributed by atoms with Crippen LogP contribution in [0.1, 0.15) is 39.3 Å². The van der Waals surface area contributed by atoms with Gasteiger partial charge < -0.3 is 10.6 Å². The van der Waals surface area contributed by atoms with E-state index in [0.717, 1.165) is 23.7 Å². The molecule has 0 aromatic heterocycles. The molecule has 0 radical (unpaired) electrons. The summed E-state index contributed by atoms with van der Waals surface area (Å²) in [4.78, 5) is 0. The van der Waals surface area contributed by atoms with E-state index in [1.807, 2.05) is 18.2 Å². The Kier molecular flexibility index (Phi) is 5.44. The van der Waals surface area contributed by atoms with E-state index in [1.54, 1.807) is 0 Å². The summed E-state index contributed by atoms with van der Waals surface area (Å²) in [5, 5.41) is 7.74. The Hall–Kier alpha value is -0.570. The smallest absolute Gasteiger partial charge is 0.0453 e. The van der Waals surface area contributed by atoms with Gasteiger partial charge in [-0.1, -0.05) is 29.8 Å². The average molecular weight is 255 g/mol. The Labute approximate surface area is 110 Å². The molecule has 1 rings (SSSR count). The summed E-state index contributed by atoms with van der Waals surface area (Å²) in [6, 6.07) is 8.26. The zero-order chi connectivity index (χ0) is 12.9. The van der Waals surface area contributed by atoms with Crippen molar-refractivity contribution in [3.8, 4) is 0 Å². The highest BCUT2D eigenvalue weighted by atomic mass is 35.5. The zero-order valence-corrected chi connectivity index (χ0v) is 11.9. The molecule has 3 heteroatoms. The van der Waals surface area contributed by atoms with Crippen LogP contribution in [0.5, 0.6) is 0 Å². The predicted octanol–water partition coefficient (Wildman–Crippen LogP) is 3.38. The van der Waals surface area contributed by atoms with Crippen LogP contribution in [0, 0.1) is 0 Å².